The number of hydrogen-bond donors (Lipinski definition) is 1. The molecule has 0 saturated heterocycles. The molecule has 17 heavy (non-hydrogen) atoms. The third-order valence-electron chi connectivity index (χ3n) is 1.65. The van der Waals surface area contributed by atoms with Crippen molar-refractivity contribution in [2.24, 2.45) is 0 Å². The van der Waals surface area contributed by atoms with E-state index in [0.717, 1.165) is 19.3 Å². The molecule has 0 unspecified atom stereocenters. The van der Waals surface area contributed by atoms with Gasteiger partial charge in [0.1, 0.15) is 11.7 Å². The van der Waals surface area contributed by atoms with E-state index in [9.17, 15) is 9.59 Å². The lowest BCUT2D eigenvalue weighted by Gasteiger charge is -2.01. The Morgan fingerprint density at radius 1 is 1.00 bits per heavy atom. The van der Waals surface area contributed by atoms with Crippen LogP contribution in [-0.4, -0.2) is 24.1 Å². The van der Waals surface area contributed by atoms with Gasteiger partial charge in [-0.05, 0) is 19.8 Å². The fourth-order valence-corrected chi connectivity index (χ4v) is 1.05. The molecule has 0 aliphatic rings. The van der Waals surface area contributed by atoms with Crippen molar-refractivity contribution in [2.45, 2.75) is 60.3 Å². The summed E-state index contributed by atoms with van der Waals surface area (Å²) >= 11 is 5.28. The highest BCUT2D eigenvalue weighted by Crippen LogP contribution is 1.99. The van der Waals surface area contributed by atoms with Crippen LogP contribution in [0.2, 0.25) is 0 Å². The highest BCUT2D eigenvalue weighted by atomic mass is 35.5. The Morgan fingerprint density at radius 2 is 1.53 bits per heavy atom. The zero-order valence-electron chi connectivity index (χ0n) is 11.9. The lowest BCUT2D eigenvalue weighted by atomic mass is 10.1. The van der Waals surface area contributed by atoms with Gasteiger partial charge in [0.15, 0.2) is 0 Å². The summed E-state index contributed by atoms with van der Waals surface area (Å²) < 4.78 is 0. The summed E-state index contributed by atoms with van der Waals surface area (Å²) in [5, 5.41) is 2.66. The van der Waals surface area contributed by atoms with Crippen LogP contribution in [0, 0.1) is 0 Å². The minimum Gasteiger partial charge on any atom is -0.355 e. The van der Waals surface area contributed by atoms with Gasteiger partial charge in [0.05, 0.1) is 0 Å². The largest absolute Gasteiger partial charge is 0.355 e. The topological polar surface area (TPSA) is 46.2 Å². The van der Waals surface area contributed by atoms with E-state index in [-0.39, 0.29) is 17.6 Å². The maximum atomic E-state index is 10.7. The number of amides is 1. The van der Waals surface area contributed by atoms with Gasteiger partial charge in [-0.25, -0.2) is 0 Å². The molecule has 1 amide bonds. The first-order valence-electron chi connectivity index (χ1n) is 6.49. The van der Waals surface area contributed by atoms with Crippen molar-refractivity contribution in [2.75, 3.05) is 12.4 Å². The van der Waals surface area contributed by atoms with Crippen LogP contribution in [0.25, 0.3) is 0 Å². The van der Waals surface area contributed by atoms with Crippen LogP contribution in [0.15, 0.2) is 0 Å². The average Bonchev–Trinajstić information content (AvgIpc) is 2.37. The molecule has 1 N–H and O–H groups in total. The summed E-state index contributed by atoms with van der Waals surface area (Å²) in [6.45, 7) is 10.2. The lowest BCUT2D eigenvalue weighted by Crippen LogP contribution is -2.25. The van der Waals surface area contributed by atoms with Gasteiger partial charge < -0.3 is 10.1 Å². The molecule has 0 radical (unpaired) electrons. The molecule has 0 spiro atoms. The number of rotatable bonds is 7. The lowest BCUT2D eigenvalue weighted by molar-refractivity contribution is -0.119. The first-order chi connectivity index (χ1) is 8.16. The number of carbonyl (C=O) groups excluding carboxylic acids is 2. The van der Waals surface area contributed by atoms with Crippen LogP contribution in [0.5, 0.6) is 0 Å². The summed E-state index contributed by atoms with van der Waals surface area (Å²) in [5.41, 5.74) is 0. The van der Waals surface area contributed by atoms with E-state index in [2.05, 4.69) is 5.32 Å². The molecule has 0 heterocycles. The van der Waals surface area contributed by atoms with Crippen molar-refractivity contribution in [3.63, 3.8) is 0 Å². The number of nitrogens with one attached hydrogen (secondary N) is 1. The molecule has 0 aromatic carbocycles. The number of Topliss-reactive ketones (excluding diaryl/α,β-unsaturated/α-hetero) is 1. The van der Waals surface area contributed by atoms with Crippen molar-refractivity contribution >= 4 is 23.3 Å². The molecule has 104 valence electrons. The molecule has 0 atom stereocenters. The Morgan fingerprint density at radius 3 is 1.94 bits per heavy atom. The van der Waals surface area contributed by atoms with E-state index in [4.69, 9.17) is 11.6 Å². The predicted molar refractivity (Wildman–Crippen MR) is 75.6 cm³/mol. The highest BCUT2D eigenvalue weighted by molar-refractivity contribution is 6.27. The number of carbonyl (C=O) groups is 2. The molecular weight excluding hydrogens is 238 g/mol. The zero-order chi connectivity index (χ0) is 14.1. The predicted octanol–water partition coefficient (Wildman–Crippen LogP) is 3.54. The van der Waals surface area contributed by atoms with E-state index in [1.165, 1.54) is 0 Å². The SMILES string of the molecule is CC.CC.CC(=O)CCCCCNC(=O)CCl. The standard InChI is InChI=1S/C9H16ClNO2.2C2H6/c1-8(12)5-3-2-4-6-11-9(13)7-10;2*1-2/h2-7H2,1H3,(H,11,13);2*1-2H3. The molecule has 0 aromatic rings. The molecule has 0 saturated carbocycles. The van der Waals surface area contributed by atoms with Crippen LogP contribution < -0.4 is 5.32 Å². The van der Waals surface area contributed by atoms with E-state index < -0.39 is 0 Å². The van der Waals surface area contributed by atoms with Crippen LogP contribution in [-0.2, 0) is 9.59 Å². The van der Waals surface area contributed by atoms with Crippen molar-refractivity contribution < 1.29 is 9.59 Å². The fraction of sp³-hybridized carbons (Fsp3) is 0.846. The second-order valence-corrected chi connectivity index (χ2v) is 3.26. The number of hydrogen-bond acceptors (Lipinski definition) is 2. The normalized spacial score (nSPS) is 8.12. The Kier molecular flexibility index (Phi) is 26.5. The van der Waals surface area contributed by atoms with Crippen molar-refractivity contribution in [1.29, 1.82) is 0 Å². The minimum atomic E-state index is -0.131. The minimum absolute atomic E-state index is 0.0213. The highest BCUT2D eigenvalue weighted by Gasteiger charge is 1.97. The maximum Gasteiger partial charge on any atom is 0.234 e. The molecular formula is C13H28ClNO2. The van der Waals surface area contributed by atoms with Gasteiger partial charge in [0.2, 0.25) is 5.91 Å². The number of unbranched alkanes of at least 4 members (excludes halogenated alkanes) is 2. The van der Waals surface area contributed by atoms with E-state index in [0.29, 0.717) is 13.0 Å². The number of alkyl halides is 1. The molecule has 0 rings (SSSR count). The van der Waals surface area contributed by atoms with Gasteiger partial charge in [0.25, 0.3) is 0 Å². The summed E-state index contributed by atoms with van der Waals surface area (Å²) in [6, 6.07) is 0. The van der Waals surface area contributed by atoms with Crippen LogP contribution in [0.3, 0.4) is 0 Å². The van der Waals surface area contributed by atoms with Crippen LogP contribution in [0.1, 0.15) is 60.3 Å². The molecule has 0 aliphatic carbocycles. The Balaban J connectivity index is -0.000000439. The Labute approximate surface area is 111 Å². The average molecular weight is 266 g/mol. The molecule has 0 fully saturated rings. The number of halogens is 1. The van der Waals surface area contributed by atoms with Gasteiger partial charge in [0, 0.05) is 13.0 Å². The van der Waals surface area contributed by atoms with Gasteiger partial charge in [-0.3, -0.25) is 4.79 Å². The number of ketones is 1. The van der Waals surface area contributed by atoms with E-state index in [1.807, 2.05) is 27.7 Å². The van der Waals surface area contributed by atoms with E-state index in [1.54, 1.807) is 6.92 Å². The van der Waals surface area contributed by atoms with Gasteiger partial charge >= 0.3 is 0 Å². The molecule has 0 aromatic heterocycles. The summed E-state index contributed by atoms with van der Waals surface area (Å²) in [7, 11) is 0. The third-order valence-corrected chi connectivity index (χ3v) is 1.89. The van der Waals surface area contributed by atoms with Gasteiger partial charge in [-0.1, -0.05) is 34.1 Å². The van der Waals surface area contributed by atoms with Crippen molar-refractivity contribution in [3.05, 3.63) is 0 Å². The van der Waals surface area contributed by atoms with Gasteiger partial charge in [-0.2, -0.15) is 0 Å². The first kappa shape index (κ1) is 21.7. The molecule has 3 nitrogen and oxygen atoms in total. The summed E-state index contributed by atoms with van der Waals surface area (Å²) in [6.07, 6.45) is 3.44. The van der Waals surface area contributed by atoms with Crippen molar-refractivity contribution in [1.82, 2.24) is 5.32 Å². The monoisotopic (exact) mass is 265 g/mol. The molecule has 4 heteroatoms. The Bertz CT molecular complexity index is 173. The van der Waals surface area contributed by atoms with Crippen LogP contribution >= 0.6 is 11.6 Å². The summed E-state index contributed by atoms with van der Waals surface area (Å²) in [4.78, 5) is 21.2. The fourth-order valence-electron chi connectivity index (χ4n) is 0.951. The van der Waals surface area contributed by atoms with Gasteiger partial charge in [-0.15, -0.1) is 11.6 Å². The zero-order valence-corrected chi connectivity index (χ0v) is 12.7. The van der Waals surface area contributed by atoms with E-state index >= 15 is 0 Å². The first-order valence-corrected chi connectivity index (χ1v) is 7.02. The molecule has 0 aliphatic heterocycles. The smallest absolute Gasteiger partial charge is 0.234 e. The van der Waals surface area contributed by atoms with Crippen molar-refractivity contribution in [3.8, 4) is 0 Å². The molecule has 0 bridgehead atoms. The second kappa shape index (κ2) is 20.8. The second-order valence-electron chi connectivity index (χ2n) is 3.00. The third kappa shape index (κ3) is 25.6. The maximum absolute atomic E-state index is 10.7. The Hall–Kier alpha value is -0.570. The van der Waals surface area contributed by atoms with Crippen LogP contribution in [0.4, 0.5) is 0 Å². The summed E-state index contributed by atoms with van der Waals surface area (Å²) in [5.74, 6) is 0.117. The quantitative estimate of drug-likeness (QED) is 0.565.